The molecular formula is C28H44O7. The predicted molar refractivity (Wildman–Crippen MR) is 134 cm³/mol. The molecule has 2 heterocycles. The molecule has 198 valence electrons. The van der Waals surface area contributed by atoms with E-state index in [2.05, 4.69) is 13.0 Å². The van der Waals surface area contributed by atoms with E-state index >= 15 is 0 Å². The molecule has 7 nitrogen and oxygen atoms in total. The van der Waals surface area contributed by atoms with E-state index in [1.807, 2.05) is 39.8 Å². The van der Waals surface area contributed by atoms with Gasteiger partial charge in [-0.15, -0.1) is 0 Å². The van der Waals surface area contributed by atoms with E-state index in [1.165, 1.54) is 13.0 Å². The number of ketones is 1. The van der Waals surface area contributed by atoms with Crippen LogP contribution in [-0.2, 0) is 19.1 Å². The predicted octanol–water partition coefficient (Wildman–Crippen LogP) is 3.66. The first kappa shape index (κ1) is 29.4. The lowest BCUT2D eigenvalue weighted by Crippen LogP contribution is -2.36. The number of carbonyl (C=O) groups is 2. The fraction of sp³-hybridized carbons (Fsp3) is 0.714. The van der Waals surface area contributed by atoms with Crippen molar-refractivity contribution < 1.29 is 34.4 Å². The van der Waals surface area contributed by atoms with Gasteiger partial charge in [-0.25, -0.2) is 0 Å². The van der Waals surface area contributed by atoms with Crippen molar-refractivity contribution in [2.45, 2.75) is 110 Å². The summed E-state index contributed by atoms with van der Waals surface area (Å²) in [5, 5.41) is 30.6. The lowest BCUT2D eigenvalue weighted by Gasteiger charge is -2.26. The zero-order valence-electron chi connectivity index (χ0n) is 22.0. The Morgan fingerprint density at radius 1 is 1.31 bits per heavy atom. The minimum Gasteiger partial charge on any atom is -0.457 e. The molecule has 0 aromatic heterocycles. The third kappa shape index (κ3) is 8.98. The Kier molecular flexibility index (Phi) is 10.9. The second-order valence-corrected chi connectivity index (χ2v) is 10.6. The molecule has 2 aliphatic rings. The smallest absolute Gasteiger partial charge is 0.309 e. The Bertz CT molecular complexity index is 812. The van der Waals surface area contributed by atoms with E-state index in [0.29, 0.717) is 0 Å². The van der Waals surface area contributed by atoms with Crippen molar-refractivity contribution in [3.63, 3.8) is 0 Å². The second-order valence-electron chi connectivity index (χ2n) is 10.6. The highest BCUT2D eigenvalue weighted by atomic mass is 16.6. The molecule has 0 aliphatic carbocycles. The van der Waals surface area contributed by atoms with Gasteiger partial charge in [0.15, 0.2) is 5.78 Å². The standard InChI is InChI=1S/C28H44O7/c1-7-22(30)20(5)27-23(34-27)15-17(2)9-8-10-18(3)26-19(4)11-12-24(31)28(6,33)14-13-21(29)16-25(32)35-26/h8-12,17,19-23,26-27,29-30,33H,7,13-16H2,1-6H3/b9-8+,12-11+,18-10+. The van der Waals surface area contributed by atoms with Crippen LogP contribution < -0.4 is 0 Å². The summed E-state index contributed by atoms with van der Waals surface area (Å²) in [5.41, 5.74) is -0.777. The number of aliphatic hydroxyl groups is 3. The van der Waals surface area contributed by atoms with Gasteiger partial charge in [0.1, 0.15) is 11.7 Å². The van der Waals surface area contributed by atoms with Crippen LogP contribution in [0.5, 0.6) is 0 Å². The monoisotopic (exact) mass is 492 g/mol. The Hall–Kier alpha value is -1.80. The van der Waals surface area contributed by atoms with Gasteiger partial charge in [-0.1, -0.05) is 52.0 Å². The quantitative estimate of drug-likeness (QED) is 0.269. The van der Waals surface area contributed by atoms with Crippen LogP contribution in [0.2, 0.25) is 0 Å². The maximum atomic E-state index is 12.4. The summed E-state index contributed by atoms with van der Waals surface area (Å²) >= 11 is 0. The van der Waals surface area contributed by atoms with Crippen molar-refractivity contribution in [3.8, 4) is 0 Å². The Morgan fingerprint density at radius 2 is 2.00 bits per heavy atom. The number of hydrogen-bond donors (Lipinski definition) is 3. The minimum absolute atomic E-state index is 0.0646. The molecule has 0 aromatic carbocycles. The molecule has 1 fully saturated rings. The van der Waals surface area contributed by atoms with Gasteiger partial charge < -0.3 is 24.8 Å². The van der Waals surface area contributed by atoms with E-state index in [1.54, 1.807) is 6.08 Å². The molecule has 35 heavy (non-hydrogen) atoms. The van der Waals surface area contributed by atoms with Gasteiger partial charge in [0, 0.05) is 11.8 Å². The van der Waals surface area contributed by atoms with E-state index in [0.717, 1.165) is 18.4 Å². The molecule has 0 saturated carbocycles. The number of epoxide rings is 1. The van der Waals surface area contributed by atoms with Crippen molar-refractivity contribution in [3.05, 3.63) is 36.0 Å². The zero-order chi connectivity index (χ0) is 26.3. The molecule has 1 saturated heterocycles. The molecule has 7 heteroatoms. The summed E-state index contributed by atoms with van der Waals surface area (Å²) in [5.74, 6) is -0.850. The lowest BCUT2D eigenvalue weighted by molar-refractivity contribution is -0.151. The highest BCUT2D eigenvalue weighted by Gasteiger charge is 2.44. The summed E-state index contributed by atoms with van der Waals surface area (Å²) in [6.45, 7) is 11.2. The summed E-state index contributed by atoms with van der Waals surface area (Å²) in [6.07, 6.45) is 8.84. The van der Waals surface area contributed by atoms with Gasteiger partial charge in [-0.2, -0.15) is 0 Å². The normalized spacial score (nSPS) is 36.6. The number of allylic oxidation sites excluding steroid dienone is 3. The Morgan fingerprint density at radius 3 is 2.66 bits per heavy atom. The second kappa shape index (κ2) is 12.9. The molecule has 0 amide bonds. The van der Waals surface area contributed by atoms with E-state index in [4.69, 9.17) is 9.47 Å². The number of carbonyl (C=O) groups excluding carboxylic acids is 2. The number of cyclic esters (lactones) is 1. The van der Waals surface area contributed by atoms with Crippen LogP contribution in [0.1, 0.15) is 73.6 Å². The molecule has 0 spiro atoms. The van der Waals surface area contributed by atoms with Crippen LogP contribution >= 0.6 is 0 Å². The largest absolute Gasteiger partial charge is 0.457 e. The van der Waals surface area contributed by atoms with Gasteiger partial charge in [0.05, 0.1) is 30.8 Å². The first-order valence-corrected chi connectivity index (χ1v) is 12.9. The highest BCUT2D eigenvalue weighted by molar-refractivity contribution is 5.96. The number of ether oxygens (including phenoxy) is 2. The summed E-state index contributed by atoms with van der Waals surface area (Å²) < 4.78 is 11.5. The molecule has 0 bridgehead atoms. The van der Waals surface area contributed by atoms with E-state index in [-0.39, 0.29) is 55.3 Å². The van der Waals surface area contributed by atoms with Crippen LogP contribution in [0.15, 0.2) is 36.0 Å². The van der Waals surface area contributed by atoms with Crippen molar-refractivity contribution in [1.82, 2.24) is 0 Å². The summed E-state index contributed by atoms with van der Waals surface area (Å²) in [6, 6.07) is 0. The molecule has 2 aliphatic heterocycles. The van der Waals surface area contributed by atoms with Gasteiger partial charge in [-0.05, 0) is 57.1 Å². The van der Waals surface area contributed by atoms with Crippen molar-refractivity contribution in [1.29, 1.82) is 0 Å². The van der Waals surface area contributed by atoms with Gasteiger partial charge >= 0.3 is 5.97 Å². The molecule has 9 unspecified atom stereocenters. The number of aliphatic hydroxyl groups excluding tert-OH is 2. The first-order valence-electron chi connectivity index (χ1n) is 12.9. The van der Waals surface area contributed by atoms with Crippen LogP contribution in [0.3, 0.4) is 0 Å². The molecule has 0 aromatic rings. The Balaban J connectivity index is 2.05. The van der Waals surface area contributed by atoms with Crippen molar-refractivity contribution >= 4 is 11.8 Å². The number of rotatable bonds is 8. The van der Waals surface area contributed by atoms with Gasteiger partial charge in [0.25, 0.3) is 0 Å². The maximum absolute atomic E-state index is 12.4. The molecule has 3 N–H and O–H groups in total. The average Bonchev–Trinajstić information content (AvgIpc) is 3.56. The summed E-state index contributed by atoms with van der Waals surface area (Å²) in [4.78, 5) is 24.9. The number of esters is 1. The first-order chi connectivity index (χ1) is 16.4. The van der Waals surface area contributed by atoms with Crippen molar-refractivity contribution in [2.75, 3.05) is 0 Å². The zero-order valence-corrected chi connectivity index (χ0v) is 22.0. The van der Waals surface area contributed by atoms with Crippen LogP contribution in [-0.4, -0.2) is 63.2 Å². The molecule has 9 atom stereocenters. The van der Waals surface area contributed by atoms with Crippen molar-refractivity contribution in [2.24, 2.45) is 17.8 Å². The number of hydrogen-bond acceptors (Lipinski definition) is 7. The third-order valence-electron chi connectivity index (χ3n) is 7.20. The molecule has 2 rings (SSSR count). The van der Waals surface area contributed by atoms with Crippen LogP contribution in [0.4, 0.5) is 0 Å². The van der Waals surface area contributed by atoms with Crippen LogP contribution in [0, 0.1) is 17.8 Å². The average molecular weight is 493 g/mol. The highest BCUT2D eigenvalue weighted by Crippen LogP contribution is 2.36. The minimum atomic E-state index is -1.59. The summed E-state index contributed by atoms with van der Waals surface area (Å²) in [7, 11) is 0. The Labute approximate surface area is 209 Å². The fourth-order valence-corrected chi connectivity index (χ4v) is 4.53. The van der Waals surface area contributed by atoms with E-state index < -0.39 is 29.6 Å². The molecular weight excluding hydrogens is 448 g/mol. The lowest BCUT2D eigenvalue weighted by atomic mass is 9.90. The van der Waals surface area contributed by atoms with Crippen LogP contribution in [0.25, 0.3) is 0 Å². The van der Waals surface area contributed by atoms with E-state index in [9.17, 15) is 24.9 Å². The SMILES string of the molecule is CCC(O)C(C)C1OC1CC(C)/C=C/C=C(\C)C1OC(=O)CC(O)CCC(C)(O)C(=O)/C=C/C1C. The fourth-order valence-electron chi connectivity index (χ4n) is 4.53. The van der Waals surface area contributed by atoms with Gasteiger partial charge in [0.2, 0.25) is 0 Å². The molecule has 0 radical (unpaired) electrons. The third-order valence-corrected chi connectivity index (χ3v) is 7.20. The topological polar surface area (TPSA) is 117 Å². The maximum Gasteiger partial charge on any atom is 0.309 e. The van der Waals surface area contributed by atoms with Gasteiger partial charge in [-0.3, -0.25) is 9.59 Å².